The summed E-state index contributed by atoms with van der Waals surface area (Å²) in [5.41, 5.74) is 8.49. The summed E-state index contributed by atoms with van der Waals surface area (Å²) in [7, 11) is 0. The smallest absolute Gasteiger partial charge is 0.0541 e. The van der Waals surface area contributed by atoms with Gasteiger partial charge in [0.25, 0.3) is 0 Å². The molecule has 0 aliphatic carbocycles. The minimum Gasteiger partial charge on any atom is -0.354 e. The predicted octanol–water partition coefficient (Wildman–Crippen LogP) is 11.6. The molecule has 2 nitrogen and oxygen atoms in total. The number of hydrogen-bond acceptors (Lipinski definition) is 1. The molecule has 0 saturated heterocycles. The zero-order chi connectivity index (χ0) is 28.1. The molecule has 0 spiro atoms. The molecule has 3 heterocycles. The fraction of sp³-hybridized carbons (Fsp3) is 0. The zero-order valence-corrected chi connectivity index (χ0v) is 24.0. The number of H-pyrrole nitrogens is 1. The molecule has 3 heteroatoms. The van der Waals surface area contributed by atoms with Crippen LogP contribution in [0.1, 0.15) is 0 Å². The maximum absolute atomic E-state index is 3.69. The third kappa shape index (κ3) is 3.28. The maximum atomic E-state index is 3.69. The molecule has 200 valence electrons. The Labute approximate surface area is 251 Å². The predicted molar refractivity (Wildman–Crippen MR) is 186 cm³/mol. The van der Waals surface area contributed by atoms with Gasteiger partial charge in [-0.1, -0.05) is 84.9 Å². The van der Waals surface area contributed by atoms with E-state index >= 15 is 0 Å². The SMILES string of the molecule is c1ccc2c(-n3c4ccccc4c4cc(-c5ccc6[nH]c7cc8sc9ccccc9c8cc7c6c5)ccc43)cccc2c1. The van der Waals surface area contributed by atoms with E-state index in [0.29, 0.717) is 0 Å². The van der Waals surface area contributed by atoms with Gasteiger partial charge in [-0.05, 0) is 71.1 Å². The third-order valence-electron chi connectivity index (χ3n) is 9.11. The molecule has 10 aromatic rings. The van der Waals surface area contributed by atoms with Gasteiger partial charge in [-0.25, -0.2) is 0 Å². The van der Waals surface area contributed by atoms with Gasteiger partial charge in [0.05, 0.1) is 16.7 Å². The highest BCUT2D eigenvalue weighted by molar-refractivity contribution is 7.25. The molecule has 3 aromatic heterocycles. The monoisotopic (exact) mass is 564 g/mol. The second-order valence-electron chi connectivity index (χ2n) is 11.5. The molecule has 0 saturated carbocycles. The first-order valence-electron chi connectivity index (χ1n) is 14.7. The number of rotatable bonds is 2. The average molecular weight is 565 g/mol. The summed E-state index contributed by atoms with van der Waals surface area (Å²) in [5.74, 6) is 0. The summed E-state index contributed by atoms with van der Waals surface area (Å²) in [6.07, 6.45) is 0. The molecule has 43 heavy (non-hydrogen) atoms. The van der Waals surface area contributed by atoms with Crippen molar-refractivity contribution in [3.8, 4) is 16.8 Å². The summed E-state index contributed by atoms with van der Waals surface area (Å²) < 4.78 is 5.09. The van der Waals surface area contributed by atoms with Crippen LogP contribution in [0.3, 0.4) is 0 Å². The average Bonchev–Trinajstić information content (AvgIpc) is 3.71. The van der Waals surface area contributed by atoms with E-state index in [0.717, 1.165) is 0 Å². The Bertz CT molecular complexity index is 2730. The number of aromatic nitrogens is 2. The Hall–Kier alpha value is -5.38. The summed E-state index contributed by atoms with van der Waals surface area (Å²) in [6, 6.07) is 51.3. The number of benzene rings is 7. The maximum Gasteiger partial charge on any atom is 0.0541 e. The Morgan fingerprint density at radius 2 is 1.12 bits per heavy atom. The van der Waals surface area contributed by atoms with Gasteiger partial charge in [0.1, 0.15) is 0 Å². The van der Waals surface area contributed by atoms with Crippen LogP contribution in [0.25, 0.3) is 91.4 Å². The molecule has 0 aliphatic heterocycles. The van der Waals surface area contributed by atoms with Crippen LogP contribution in [0.4, 0.5) is 0 Å². The first-order valence-corrected chi connectivity index (χ1v) is 15.5. The fourth-order valence-electron chi connectivity index (χ4n) is 7.11. The van der Waals surface area contributed by atoms with Crippen LogP contribution in [0.15, 0.2) is 140 Å². The molecule has 0 amide bonds. The standard InChI is InChI=1S/C40H24N2S/c1-2-10-27-24(8-1)9-7-14-36(27)42-37-13-5-3-11-28(37)32-21-26(17-19-38(32)42)25-16-18-34-30(20-25)31-22-33-29-12-4-6-15-39(29)43-40(33)23-35(31)41-34/h1-23,41H. The van der Waals surface area contributed by atoms with Crippen LogP contribution in [0, 0.1) is 0 Å². The number of hydrogen-bond donors (Lipinski definition) is 1. The number of aromatic amines is 1. The van der Waals surface area contributed by atoms with E-state index < -0.39 is 0 Å². The summed E-state index contributed by atoms with van der Waals surface area (Å²) in [5, 5.41) is 10.3. The van der Waals surface area contributed by atoms with Crippen molar-refractivity contribution >= 4 is 85.9 Å². The van der Waals surface area contributed by atoms with Crippen LogP contribution >= 0.6 is 11.3 Å². The molecule has 10 rings (SSSR count). The first kappa shape index (κ1) is 23.2. The van der Waals surface area contributed by atoms with Gasteiger partial charge in [0, 0.05) is 58.1 Å². The van der Waals surface area contributed by atoms with Crippen LogP contribution in [0.2, 0.25) is 0 Å². The van der Waals surface area contributed by atoms with Crippen molar-refractivity contribution in [2.24, 2.45) is 0 Å². The van der Waals surface area contributed by atoms with Crippen LogP contribution in [-0.2, 0) is 0 Å². The Morgan fingerprint density at radius 3 is 2.05 bits per heavy atom. The number of thiophene rings is 1. The molecular weight excluding hydrogens is 541 g/mol. The Morgan fingerprint density at radius 1 is 0.419 bits per heavy atom. The highest BCUT2D eigenvalue weighted by Gasteiger charge is 2.16. The molecule has 0 unspecified atom stereocenters. The Kier molecular flexibility index (Phi) is 4.63. The van der Waals surface area contributed by atoms with Crippen molar-refractivity contribution < 1.29 is 0 Å². The van der Waals surface area contributed by atoms with E-state index in [1.54, 1.807) is 0 Å². The van der Waals surface area contributed by atoms with Crippen LogP contribution < -0.4 is 0 Å². The van der Waals surface area contributed by atoms with Gasteiger partial charge >= 0.3 is 0 Å². The molecule has 1 N–H and O–H groups in total. The Balaban J connectivity index is 1.19. The second kappa shape index (κ2) is 8.57. The minimum atomic E-state index is 1.18. The topological polar surface area (TPSA) is 20.7 Å². The van der Waals surface area contributed by atoms with Crippen molar-refractivity contribution in [3.63, 3.8) is 0 Å². The van der Waals surface area contributed by atoms with E-state index in [-0.39, 0.29) is 0 Å². The summed E-state index contributed by atoms with van der Waals surface area (Å²) in [4.78, 5) is 3.69. The molecule has 0 atom stereocenters. The number of para-hydroxylation sites is 1. The minimum absolute atomic E-state index is 1.18. The zero-order valence-electron chi connectivity index (χ0n) is 23.1. The van der Waals surface area contributed by atoms with E-state index in [1.165, 1.54) is 91.4 Å². The van der Waals surface area contributed by atoms with Gasteiger partial charge in [-0.2, -0.15) is 0 Å². The number of nitrogens with one attached hydrogen (secondary N) is 1. The summed E-state index contributed by atoms with van der Waals surface area (Å²) >= 11 is 1.87. The van der Waals surface area contributed by atoms with Crippen molar-refractivity contribution in [1.29, 1.82) is 0 Å². The van der Waals surface area contributed by atoms with Gasteiger partial charge < -0.3 is 9.55 Å². The fourth-order valence-corrected chi connectivity index (χ4v) is 8.24. The molecule has 7 aromatic carbocycles. The highest BCUT2D eigenvalue weighted by Crippen LogP contribution is 2.40. The lowest BCUT2D eigenvalue weighted by Gasteiger charge is -2.11. The van der Waals surface area contributed by atoms with Crippen LogP contribution in [-0.4, -0.2) is 9.55 Å². The van der Waals surface area contributed by atoms with Gasteiger partial charge in [-0.15, -0.1) is 11.3 Å². The largest absolute Gasteiger partial charge is 0.354 e. The summed E-state index contributed by atoms with van der Waals surface area (Å²) in [6.45, 7) is 0. The number of fused-ring (bicyclic) bond motifs is 10. The lowest BCUT2D eigenvalue weighted by Crippen LogP contribution is -1.95. The molecule has 0 fully saturated rings. The molecule has 0 aliphatic rings. The first-order chi connectivity index (χ1) is 21.3. The van der Waals surface area contributed by atoms with E-state index in [2.05, 4.69) is 149 Å². The quantitative estimate of drug-likeness (QED) is 0.216. The lowest BCUT2D eigenvalue weighted by molar-refractivity contribution is 1.20. The second-order valence-corrected chi connectivity index (χ2v) is 12.5. The molecule has 0 radical (unpaired) electrons. The van der Waals surface area contributed by atoms with Crippen molar-refractivity contribution in [2.45, 2.75) is 0 Å². The highest BCUT2D eigenvalue weighted by atomic mass is 32.1. The van der Waals surface area contributed by atoms with E-state index in [1.807, 2.05) is 11.3 Å². The van der Waals surface area contributed by atoms with Gasteiger partial charge in [0.15, 0.2) is 0 Å². The molecule has 0 bridgehead atoms. The third-order valence-corrected chi connectivity index (χ3v) is 10.2. The van der Waals surface area contributed by atoms with Crippen molar-refractivity contribution in [3.05, 3.63) is 140 Å². The van der Waals surface area contributed by atoms with Crippen LogP contribution in [0.5, 0.6) is 0 Å². The normalized spacial score (nSPS) is 12.2. The van der Waals surface area contributed by atoms with Gasteiger partial charge in [-0.3, -0.25) is 0 Å². The van der Waals surface area contributed by atoms with E-state index in [4.69, 9.17) is 0 Å². The van der Waals surface area contributed by atoms with Crippen molar-refractivity contribution in [2.75, 3.05) is 0 Å². The number of nitrogens with zero attached hydrogens (tertiary/aromatic N) is 1. The molecular formula is C40H24N2S. The lowest BCUT2D eigenvalue weighted by atomic mass is 10.00. The van der Waals surface area contributed by atoms with Gasteiger partial charge in [0.2, 0.25) is 0 Å². The van der Waals surface area contributed by atoms with Crippen molar-refractivity contribution in [1.82, 2.24) is 9.55 Å². The van der Waals surface area contributed by atoms with E-state index in [9.17, 15) is 0 Å².